The van der Waals surface area contributed by atoms with E-state index in [4.69, 9.17) is 23.9 Å². The van der Waals surface area contributed by atoms with E-state index in [9.17, 15) is 33.6 Å². The second-order valence-electron chi connectivity index (χ2n) is 22.8. The molecule has 4 atom stereocenters. The van der Waals surface area contributed by atoms with Crippen molar-refractivity contribution in [3.8, 4) is 23.0 Å². The Bertz CT molecular complexity index is 3380. The number of hydrogen-bond acceptors (Lipinski definition) is 14. The summed E-state index contributed by atoms with van der Waals surface area (Å²) in [6, 6.07) is 21.8. The minimum absolute atomic E-state index is 0.0613. The summed E-state index contributed by atoms with van der Waals surface area (Å²) < 4.78 is 23.9. The van der Waals surface area contributed by atoms with Gasteiger partial charge in [-0.3, -0.25) is 43.5 Å². The third-order valence-electron chi connectivity index (χ3n) is 16.5. The first-order valence-corrected chi connectivity index (χ1v) is 29.3. The highest BCUT2D eigenvalue weighted by Crippen LogP contribution is 2.42. The number of methoxy groups -OCH3 is 2. The summed E-state index contributed by atoms with van der Waals surface area (Å²) in [5, 5.41) is 5.77. The fourth-order valence-corrected chi connectivity index (χ4v) is 11.5. The number of carbonyl (C=O) groups is 7. The molecule has 1 saturated heterocycles. The molecular weight excluding hydrogens is 1080 g/mol. The molecule has 0 spiro atoms. The highest BCUT2D eigenvalue weighted by molar-refractivity contribution is 6.13. The van der Waals surface area contributed by atoms with Gasteiger partial charge < -0.3 is 49.2 Å². The zero-order valence-corrected chi connectivity index (χ0v) is 49.1. The Morgan fingerprint density at radius 1 is 0.671 bits per heavy atom. The number of unbranched alkanes of at least 4 members (excludes halogenated alkanes) is 2. The predicted octanol–water partition coefficient (Wildman–Crippen LogP) is 8.72. The van der Waals surface area contributed by atoms with Crippen LogP contribution in [0.2, 0.25) is 0 Å². The number of ether oxygens (including phenoxy) is 4. The van der Waals surface area contributed by atoms with Gasteiger partial charge in [0, 0.05) is 113 Å². The molecule has 6 heterocycles. The van der Waals surface area contributed by atoms with Crippen LogP contribution in [-0.4, -0.2) is 152 Å². The number of nitrogens with zero attached hydrogens (tertiary/aromatic N) is 6. The number of nitrogens with one attached hydrogen (secondary N) is 2. The minimum Gasteiger partial charge on any atom is -0.493 e. The lowest BCUT2D eigenvalue weighted by Crippen LogP contribution is -2.45. The van der Waals surface area contributed by atoms with Crippen LogP contribution in [-0.2, 0) is 24.0 Å². The topological polar surface area (TPSA) is 209 Å². The van der Waals surface area contributed by atoms with E-state index in [1.54, 1.807) is 54.2 Å². The molecule has 6 aliphatic rings. The maximum atomic E-state index is 14.2. The molecule has 10 rings (SSSR count). The molecule has 0 radical (unpaired) electrons. The molecule has 6 aliphatic heterocycles. The van der Waals surface area contributed by atoms with E-state index < -0.39 is 12.0 Å². The number of ketones is 1. The van der Waals surface area contributed by atoms with Gasteiger partial charge in [0.1, 0.15) is 0 Å². The number of piperazine rings is 1. The van der Waals surface area contributed by atoms with E-state index in [0.717, 1.165) is 48.5 Å². The van der Waals surface area contributed by atoms with Crippen LogP contribution in [0, 0.1) is 11.8 Å². The monoisotopic (exact) mass is 1150 g/mol. The van der Waals surface area contributed by atoms with E-state index in [1.165, 1.54) is 29.8 Å². The van der Waals surface area contributed by atoms with Crippen molar-refractivity contribution in [1.82, 2.24) is 24.9 Å². The summed E-state index contributed by atoms with van der Waals surface area (Å²) in [7, 11) is 5.23. The van der Waals surface area contributed by atoms with Crippen molar-refractivity contribution >= 4 is 81.7 Å². The first-order chi connectivity index (χ1) is 41.0. The van der Waals surface area contributed by atoms with Gasteiger partial charge in [0.15, 0.2) is 28.8 Å². The zero-order chi connectivity index (χ0) is 59.9. The third kappa shape index (κ3) is 13.6. The Balaban J connectivity index is 0.682. The number of likely N-dealkylation sites (N-methyl/N-ethyl adjacent to an activating group) is 1. The standard InChI is InChI=1S/C66H74N8O11/c1-41(2)63(69-60(76)11-8-7-9-24-72-61(77)22-23-62(72)78)55(75)31-42(3)64(79)68-48-17-12-43(13-18-48)46-32-50-21-16-45-34-58(56(82-5)35-52(45)65(80)73(50)39-46)84-29-10-30-85-59-37-54-53(36-57(59)83-6)66(81)74-40-47(33-51(74)38-67-54)44-14-19-49(20-15-44)71-27-25-70(4)26-28-71/h12-23,34-42,50-51,63H,7-11,24-33H2,1-6H3,(H,68,79)(H,69,76)/t42-,50-,51+,63?/m1/s1. The molecule has 0 bridgehead atoms. The van der Waals surface area contributed by atoms with E-state index >= 15 is 0 Å². The largest absolute Gasteiger partial charge is 0.493 e. The number of fused-ring (bicyclic) bond motifs is 4. The van der Waals surface area contributed by atoms with Gasteiger partial charge in [-0.05, 0) is 103 Å². The van der Waals surface area contributed by atoms with Crippen LogP contribution in [0.25, 0.3) is 17.2 Å². The number of anilines is 2. The number of amides is 6. The van der Waals surface area contributed by atoms with Crippen molar-refractivity contribution in [2.75, 3.05) is 77.4 Å². The Labute approximate surface area is 496 Å². The van der Waals surface area contributed by atoms with Crippen LogP contribution < -0.4 is 34.5 Å². The van der Waals surface area contributed by atoms with Gasteiger partial charge in [0.2, 0.25) is 11.8 Å². The van der Waals surface area contributed by atoms with Crippen LogP contribution in [0.3, 0.4) is 0 Å². The second kappa shape index (κ2) is 26.4. The van der Waals surface area contributed by atoms with Gasteiger partial charge >= 0.3 is 0 Å². The smallest absolute Gasteiger partial charge is 0.260 e. The molecular formula is C66H74N8O11. The number of benzene rings is 4. The third-order valence-corrected chi connectivity index (χ3v) is 16.5. The maximum Gasteiger partial charge on any atom is 0.260 e. The molecule has 19 heteroatoms. The average Bonchev–Trinajstić information content (AvgIpc) is 2.83. The minimum atomic E-state index is -0.755. The SMILES string of the molecule is COc1cc2c(cc1OCCCOc1cc3c(cc1OC)C(=O)N1C=C(c4ccc(N5CCN(C)CC5)cc4)C[C@H]1C=N3)C=C[C@@H]1CC(c3ccc(NC(=O)[C@H](C)CC(=O)C(NC(=O)CCCCCN4C(=O)C=CC4=O)C(C)C)cc3)=CN1C2=O. The Kier molecular flexibility index (Phi) is 18.4. The summed E-state index contributed by atoms with van der Waals surface area (Å²) in [5.74, 6) is -0.918. The van der Waals surface area contributed by atoms with Gasteiger partial charge in [0.05, 0.1) is 62.4 Å². The van der Waals surface area contributed by atoms with E-state index in [1.807, 2.05) is 62.8 Å². The van der Waals surface area contributed by atoms with Gasteiger partial charge in [-0.25, -0.2) is 0 Å². The molecule has 6 amide bonds. The Morgan fingerprint density at radius 2 is 1.27 bits per heavy atom. The number of carbonyl (C=O) groups excluding carboxylic acids is 7. The molecule has 4 aromatic carbocycles. The van der Waals surface area contributed by atoms with Crippen LogP contribution in [0.1, 0.15) is 110 Å². The van der Waals surface area contributed by atoms with Crippen molar-refractivity contribution in [2.45, 2.75) is 90.3 Å². The molecule has 1 fully saturated rings. The fraction of sp³-hybridized carbons (Fsp3) is 0.394. The fourth-order valence-electron chi connectivity index (χ4n) is 11.5. The van der Waals surface area contributed by atoms with Gasteiger partial charge in [-0.1, -0.05) is 63.6 Å². The lowest BCUT2D eigenvalue weighted by molar-refractivity contribution is -0.137. The Morgan fingerprint density at radius 3 is 1.92 bits per heavy atom. The van der Waals surface area contributed by atoms with E-state index in [-0.39, 0.29) is 85.3 Å². The molecule has 444 valence electrons. The lowest BCUT2D eigenvalue weighted by atomic mass is 9.92. The molecule has 0 aromatic heterocycles. The van der Waals surface area contributed by atoms with Crippen molar-refractivity contribution in [3.63, 3.8) is 0 Å². The van der Waals surface area contributed by atoms with Gasteiger partial charge in [-0.2, -0.15) is 0 Å². The number of hydrogen-bond donors (Lipinski definition) is 2. The van der Waals surface area contributed by atoms with Crippen molar-refractivity contribution < 1.29 is 52.5 Å². The van der Waals surface area contributed by atoms with E-state index in [0.29, 0.717) is 96.1 Å². The lowest BCUT2D eigenvalue weighted by Gasteiger charge is -2.34. The summed E-state index contributed by atoms with van der Waals surface area (Å²) in [5.41, 5.74) is 7.88. The highest BCUT2D eigenvalue weighted by atomic mass is 16.5. The van der Waals surface area contributed by atoms with Crippen molar-refractivity contribution in [3.05, 3.63) is 131 Å². The van der Waals surface area contributed by atoms with E-state index in [2.05, 4.69) is 51.7 Å². The maximum absolute atomic E-state index is 14.2. The van der Waals surface area contributed by atoms with Gasteiger partial charge in [0.25, 0.3) is 23.6 Å². The second-order valence-corrected chi connectivity index (χ2v) is 22.8. The summed E-state index contributed by atoms with van der Waals surface area (Å²) in [6.07, 6.45) is 15.7. The normalized spacial score (nSPS) is 18.7. The van der Waals surface area contributed by atoms with Crippen LogP contribution in [0.4, 0.5) is 17.1 Å². The number of imide groups is 1. The summed E-state index contributed by atoms with van der Waals surface area (Å²) >= 11 is 0. The summed E-state index contributed by atoms with van der Waals surface area (Å²) in [4.78, 5) is 106. The average molecular weight is 1160 g/mol. The highest BCUT2D eigenvalue weighted by Gasteiger charge is 2.36. The molecule has 2 N–H and O–H groups in total. The first kappa shape index (κ1) is 59.3. The molecule has 19 nitrogen and oxygen atoms in total. The molecule has 0 aliphatic carbocycles. The number of aliphatic imine (C=N–C) groups is 1. The number of rotatable bonds is 24. The van der Waals surface area contributed by atoms with Gasteiger partial charge in [-0.15, -0.1) is 0 Å². The Hall–Kier alpha value is -8.84. The molecule has 4 aromatic rings. The van der Waals surface area contributed by atoms with Crippen molar-refractivity contribution in [2.24, 2.45) is 16.8 Å². The zero-order valence-electron chi connectivity index (χ0n) is 49.1. The van der Waals surface area contributed by atoms with Crippen molar-refractivity contribution in [1.29, 1.82) is 0 Å². The molecule has 0 saturated carbocycles. The van der Waals surface area contributed by atoms with Crippen LogP contribution >= 0.6 is 0 Å². The first-order valence-electron chi connectivity index (χ1n) is 29.3. The quantitative estimate of drug-likeness (QED) is 0.0498. The van der Waals surface area contributed by atoms with Crippen LogP contribution in [0.5, 0.6) is 23.0 Å². The number of Topliss-reactive ketones (excluding diaryl/α,β-unsaturated/α-hetero) is 1. The predicted molar refractivity (Wildman–Crippen MR) is 325 cm³/mol. The van der Waals surface area contributed by atoms with Crippen LogP contribution in [0.15, 0.2) is 108 Å². The summed E-state index contributed by atoms with van der Waals surface area (Å²) in [6.45, 7) is 10.3. The molecule has 85 heavy (non-hydrogen) atoms. The molecule has 1 unspecified atom stereocenters.